The predicted molar refractivity (Wildman–Crippen MR) is 50.6 cm³/mol. The Morgan fingerprint density at radius 1 is 1.54 bits per heavy atom. The van der Waals surface area contributed by atoms with E-state index in [0.29, 0.717) is 6.42 Å². The molecule has 0 rings (SSSR count). The molecule has 1 N–H and O–H groups in total. The molecule has 0 amide bonds. The van der Waals surface area contributed by atoms with Gasteiger partial charge in [-0.3, -0.25) is 9.59 Å². The minimum absolute atomic E-state index is 0.0411. The number of rotatable bonds is 6. The molecular weight excluding hydrogens is 192 g/mol. The van der Waals surface area contributed by atoms with Gasteiger partial charge in [-0.25, -0.2) is 0 Å². The molecule has 4 nitrogen and oxygen atoms in total. The van der Waals surface area contributed by atoms with Crippen molar-refractivity contribution in [2.75, 3.05) is 5.75 Å². The van der Waals surface area contributed by atoms with E-state index in [1.807, 2.05) is 6.92 Å². The predicted octanol–water partition coefficient (Wildman–Crippen LogP) is 1.49. The van der Waals surface area contributed by atoms with Crippen LogP contribution in [0.15, 0.2) is 0 Å². The molecule has 0 aliphatic rings. The molecule has 76 valence electrons. The van der Waals surface area contributed by atoms with Gasteiger partial charge in [0.05, 0.1) is 5.75 Å². The van der Waals surface area contributed by atoms with Gasteiger partial charge < -0.3 is 9.84 Å². The van der Waals surface area contributed by atoms with Crippen LogP contribution in [-0.4, -0.2) is 28.2 Å². The highest BCUT2D eigenvalue weighted by Crippen LogP contribution is 2.12. The van der Waals surface area contributed by atoms with Crippen molar-refractivity contribution in [3.8, 4) is 0 Å². The third-order valence-corrected chi connectivity index (χ3v) is 2.17. The Morgan fingerprint density at radius 3 is 2.62 bits per heavy atom. The zero-order valence-electron chi connectivity index (χ0n) is 7.78. The Kier molecular flexibility index (Phi) is 6.40. The third kappa shape index (κ3) is 7.64. The molecule has 0 aromatic heterocycles. The maximum absolute atomic E-state index is 10.9. The number of carbonyl (C=O) groups excluding carboxylic acids is 1. The highest BCUT2D eigenvalue weighted by atomic mass is 32.2. The molecule has 0 heterocycles. The van der Waals surface area contributed by atoms with Crippen molar-refractivity contribution >= 4 is 23.7 Å². The summed E-state index contributed by atoms with van der Waals surface area (Å²) in [4.78, 5) is 21.1. The third-order valence-electron chi connectivity index (χ3n) is 1.19. The van der Waals surface area contributed by atoms with Crippen LogP contribution in [0.2, 0.25) is 0 Å². The number of aliphatic carboxylic acids is 1. The molecule has 5 heteroatoms. The molecule has 13 heavy (non-hydrogen) atoms. The maximum Gasteiger partial charge on any atom is 0.313 e. The van der Waals surface area contributed by atoms with Crippen LogP contribution in [0.3, 0.4) is 0 Å². The summed E-state index contributed by atoms with van der Waals surface area (Å²) >= 11 is 1.10. The van der Waals surface area contributed by atoms with Crippen LogP contribution in [-0.2, 0) is 14.3 Å². The number of carboxylic acids is 1. The fraction of sp³-hybridized carbons (Fsp3) is 0.750. The van der Waals surface area contributed by atoms with Gasteiger partial charge in [0.2, 0.25) is 0 Å². The van der Waals surface area contributed by atoms with Gasteiger partial charge in [-0.2, -0.15) is 0 Å². The van der Waals surface area contributed by atoms with Crippen molar-refractivity contribution in [3.05, 3.63) is 0 Å². The van der Waals surface area contributed by atoms with Crippen LogP contribution in [0.4, 0.5) is 0 Å². The largest absolute Gasteiger partial charge is 0.481 e. The number of esters is 1. The number of hydrogen-bond acceptors (Lipinski definition) is 4. The van der Waals surface area contributed by atoms with E-state index in [4.69, 9.17) is 9.84 Å². The number of hydrogen-bond donors (Lipinski definition) is 1. The molecule has 0 aliphatic carbocycles. The second kappa shape index (κ2) is 6.77. The molecule has 0 fully saturated rings. The Morgan fingerprint density at radius 2 is 2.15 bits per heavy atom. The summed E-state index contributed by atoms with van der Waals surface area (Å²) in [6.07, 6.45) is 1.13. The van der Waals surface area contributed by atoms with Crippen LogP contribution in [0.5, 0.6) is 0 Å². The summed E-state index contributed by atoms with van der Waals surface area (Å²) < 4.78 is 4.90. The lowest BCUT2D eigenvalue weighted by Gasteiger charge is -2.10. The Bertz CT molecular complexity index is 181. The molecule has 0 saturated heterocycles. The lowest BCUT2D eigenvalue weighted by Crippen LogP contribution is -2.13. The summed E-state index contributed by atoms with van der Waals surface area (Å²) in [5.41, 5.74) is -0.379. The van der Waals surface area contributed by atoms with E-state index in [0.717, 1.165) is 18.2 Å². The number of carbonyl (C=O) groups is 2. The van der Waals surface area contributed by atoms with Crippen molar-refractivity contribution < 1.29 is 19.4 Å². The van der Waals surface area contributed by atoms with Crippen LogP contribution in [0.25, 0.3) is 0 Å². The van der Waals surface area contributed by atoms with Gasteiger partial charge in [0.1, 0.15) is 5.44 Å². The van der Waals surface area contributed by atoms with Gasteiger partial charge in [-0.05, 0) is 13.3 Å². The summed E-state index contributed by atoms with van der Waals surface area (Å²) in [5, 5.41) is 8.34. The lowest BCUT2D eigenvalue weighted by atomic mass is 10.3. The molecule has 0 aromatic rings. The summed E-state index contributed by atoms with van der Waals surface area (Å²) in [5.74, 6) is -1.21. The maximum atomic E-state index is 10.9. The van der Waals surface area contributed by atoms with Crippen molar-refractivity contribution in [3.63, 3.8) is 0 Å². The first-order valence-electron chi connectivity index (χ1n) is 4.09. The second-order valence-corrected chi connectivity index (χ2v) is 3.80. The van der Waals surface area contributed by atoms with E-state index in [-0.39, 0.29) is 17.2 Å². The fourth-order valence-electron chi connectivity index (χ4n) is 0.671. The highest BCUT2D eigenvalue weighted by molar-refractivity contribution is 8.00. The molecule has 0 aliphatic heterocycles. The first-order chi connectivity index (χ1) is 6.06. The minimum atomic E-state index is -0.900. The minimum Gasteiger partial charge on any atom is -0.481 e. The SMILES string of the molecule is CCCC(=O)OC(C)SCC(=O)O. The summed E-state index contributed by atoms with van der Waals surface area (Å²) in [6.45, 7) is 3.55. The van der Waals surface area contributed by atoms with Crippen LogP contribution < -0.4 is 0 Å². The van der Waals surface area contributed by atoms with Crippen molar-refractivity contribution in [2.24, 2.45) is 0 Å². The van der Waals surface area contributed by atoms with E-state index < -0.39 is 5.97 Å². The van der Waals surface area contributed by atoms with Crippen molar-refractivity contribution in [1.82, 2.24) is 0 Å². The smallest absolute Gasteiger partial charge is 0.313 e. The van der Waals surface area contributed by atoms with E-state index in [2.05, 4.69) is 0 Å². The molecular formula is C8H14O4S. The van der Waals surface area contributed by atoms with Crippen molar-refractivity contribution in [1.29, 1.82) is 0 Å². The molecule has 0 spiro atoms. The topological polar surface area (TPSA) is 63.6 Å². The molecule has 0 aromatic carbocycles. The molecule has 1 unspecified atom stereocenters. The van der Waals surface area contributed by atoms with E-state index >= 15 is 0 Å². The average Bonchev–Trinajstić information content (AvgIpc) is 2.01. The van der Waals surface area contributed by atoms with Gasteiger partial charge in [0.25, 0.3) is 0 Å². The Labute approximate surface area is 81.6 Å². The van der Waals surface area contributed by atoms with Crippen LogP contribution in [0.1, 0.15) is 26.7 Å². The highest BCUT2D eigenvalue weighted by Gasteiger charge is 2.10. The molecule has 0 radical (unpaired) electrons. The monoisotopic (exact) mass is 206 g/mol. The number of carboxylic acid groups (broad SMARTS) is 1. The molecule has 0 saturated carbocycles. The van der Waals surface area contributed by atoms with Gasteiger partial charge >= 0.3 is 11.9 Å². The zero-order valence-corrected chi connectivity index (χ0v) is 8.60. The van der Waals surface area contributed by atoms with Gasteiger partial charge in [0.15, 0.2) is 0 Å². The summed E-state index contributed by atoms with van der Waals surface area (Å²) in [6, 6.07) is 0. The van der Waals surface area contributed by atoms with Gasteiger partial charge in [0, 0.05) is 6.42 Å². The fourth-order valence-corrected chi connectivity index (χ4v) is 1.22. The van der Waals surface area contributed by atoms with Crippen LogP contribution in [0, 0.1) is 0 Å². The number of ether oxygens (including phenoxy) is 1. The Hall–Kier alpha value is -0.710. The van der Waals surface area contributed by atoms with Gasteiger partial charge in [-0.15, -0.1) is 11.8 Å². The van der Waals surface area contributed by atoms with Gasteiger partial charge in [-0.1, -0.05) is 6.92 Å². The first-order valence-corrected chi connectivity index (χ1v) is 5.14. The summed E-state index contributed by atoms with van der Waals surface area (Å²) in [7, 11) is 0. The van der Waals surface area contributed by atoms with E-state index in [1.165, 1.54) is 0 Å². The van der Waals surface area contributed by atoms with Crippen LogP contribution >= 0.6 is 11.8 Å². The Balaban J connectivity index is 3.55. The van der Waals surface area contributed by atoms with Crippen molar-refractivity contribution in [2.45, 2.75) is 32.1 Å². The normalized spacial score (nSPS) is 12.2. The first kappa shape index (κ1) is 12.3. The quantitative estimate of drug-likeness (QED) is 0.527. The molecule has 0 bridgehead atoms. The second-order valence-electron chi connectivity index (χ2n) is 2.51. The number of thioether (sulfide) groups is 1. The zero-order chi connectivity index (χ0) is 10.3. The van der Waals surface area contributed by atoms with E-state index in [1.54, 1.807) is 6.92 Å². The molecule has 1 atom stereocenters. The standard InChI is InChI=1S/C8H14O4S/c1-3-4-8(11)12-6(2)13-5-7(9)10/h6H,3-5H2,1-2H3,(H,9,10). The average molecular weight is 206 g/mol. The van der Waals surface area contributed by atoms with E-state index in [9.17, 15) is 9.59 Å². The lowest BCUT2D eigenvalue weighted by molar-refractivity contribution is -0.144.